The molecule has 144 valence electrons. The molecule has 0 aromatic rings. The van der Waals surface area contributed by atoms with Crippen LogP contribution in [-0.4, -0.2) is 41.8 Å². The van der Waals surface area contributed by atoms with Crippen LogP contribution < -0.4 is 5.32 Å². The molecule has 1 aliphatic heterocycles. The van der Waals surface area contributed by atoms with E-state index in [-0.39, 0.29) is 6.61 Å². The molecule has 0 fully saturated rings. The summed E-state index contributed by atoms with van der Waals surface area (Å²) in [6, 6.07) is 0. The van der Waals surface area contributed by atoms with Gasteiger partial charge in [-0.1, -0.05) is 63.3 Å². The van der Waals surface area contributed by atoms with Gasteiger partial charge in [0.15, 0.2) is 0 Å². The highest BCUT2D eigenvalue weighted by Gasteiger charge is 2.19. The van der Waals surface area contributed by atoms with E-state index in [0.717, 1.165) is 32.5 Å². The Balaban J connectivity index is 1.88. The van der Waals surface area contributed by atoms with Crippen molar-refractivity contribution >= 4 is 5.84 Å². The molecule has 0 aromatic heterocycles. The third kappa shape index (κ3) is 12.0. The zero-order chi connectivity index (χ0) is 18.0. The number of hydrogen-bond donors (Lipinski definition) is 2. The van der Waals surface area contributed by atoms with Crippen molar-refractivity contribution in [2.45, 2.75) is 84.0 Å². The molecule has 25 heavy (non-hydrogen) atoms. The third-order valence-electron chi connectivity index (χ3n) is 4.83. The van der Waals surface area contributed by atoms with Gasteiger partial charge >= 0.3 is 0 Å². The van der Waals surface area contributed by atoms with Crippen molar-refractivity contribution in [1.29, 1.82) is 0 Å². The van der Waals surface area contributed by atoms with E-state index in [1.165, 1.54) is 70.0 Å². The first kappa shape index (κ1) is 22.0. The number of amidine groups is 1. The molecular formula is C22H41N2O+. The SMILES string of the molecule is CCCCC/C=C/C/C=C/CCCCCCCC1=[N+](CCO)CCN1. The van der Waals surface area contributed by atoms with E-state index in [4.69, 9.17) is 5.11 Å². The molecule has 0 unspecified atom stereocenters. The minimum absolute atomic E-state index is 0.257. The molecule has 0 aromatic carbocycles. The summed E-state index contributed by atoms with van der Waals surface area (Å²) in [7, 11) is 0. The summed E-state index contributed by atoms with van der Waals surface area (Å²) in [5.41, 5.74) is 0. The summed E-state index contributed by atoms with van der Waals surface area (Å²) in [6.45, 7) is 5.38. The van der Waals surface area contributed by atoms with E-state index >= 15 is 0 Å². The molecule has 0 radical (unpaired) electrons. The molecule has 0 atom stereocenters. The normalized spacial score (nSPS) is 15.0. The van der Waals surface area contributed by atoms with Crippen molar-refractivity contribution in [1.82, 2.24) is 5.32 Å². The van der Waals surface area contributed by atoms with Crippen molar-refractivity contribution in [3.05, 3.63) is 24.3 Å². The predicted octanol–water partition coefficient (Wildman–Crippen LogP) is 4.81. The lowest BCUT2D eigenvalue weighted by Gasteiger charge is -2.03. The summed E-state index contributed by atoms with van der Waals surface area (Å²) in [5.74, 6) is 1.35. The minimum atomic E-state index is 0.257. The zero-order valence-electron chi connectivity index (χ0n) is 16.5. The molecule has 0 saturated heterocycles. The van der Waals surface area contributed by atoms with Gasteiger partial charge in [0, 0.05) is 6.42 Å². The number of allylic oxidation sites excluding steroid dienone is 4. The van der Waals surface area contributed by atoms with Crippen LogP contribution in [0.3, 0.4) is 0 Å². The van der Waals surface area contributed by atoms with Gasteiger partial charge in [-0.25, -0.2) is 0 Å². The average molecular weight is 350 g/mol. The zero-order valence-corrected chi connectivity index (χ0v) is 16.5. The quantitative estimate of drug-likeness (QED) is 0.238. The molecule has 0 bridgehead atoms. The maximum absolute atomic E-state index is 9.06. The van der Waals surface area contributed by atoms with Gasteiger partial charge in [-0.3, -0.25) is 9.89 Å². The van der Waals surface area contributed by atoms with Crippen molar-refractivity contribution in [3.63, 3.8) is 0 Å². The highest BCUT2D eigenvalue weighted by atomic mass is 16.3. The van der Waals surface area contributed by atoms with Crippen LogP contribution in [0.4, 0.5) is 0 Å². The van der Waals surface area contributed by atoms with E-state index in [9.17, 15) is 0 Å². The molecule has 0 aliphatic carbocycles. The molecule has 0 saturated carbocycles. The number of unbranched alkanes of at least 4 members (excludes halogenated alkanes) is 8. The second-order valence-corrected chi connectivity index (χ2v) is 7.06. The van der Waals surface area contributed by atoms with Gasteiger partial charge in [-0.05, 0) is 38.5 Å². The summed E-state index contributed by atoms with van der Waals surface area (Å²) < 4.78 is 2.29. The Morgan fingerprint density at radius 2 is 1.60 bits per heavy atom. The van der Waals surface area contributed by atoms with Crippen molar-refractivity contribution < 1.29 is 9.68 Å². The Bertz CT molecular complexity index is 399. The van der Waals surface area contributed by atoms with Crippen LogP contribution >= 0.6 is 0 Å². The lowest BCUT2D eigenvalue weighted by molar-refractivity contribution is -0.521. The van der Waals surface area contributed by atoms with Crippen LogP contribution in [0.2, 0.25) is 0 Å². The molecule has 3 nitrogen and oxygen atoms in total. The second-order valence-electron chi connectivity index (χ2n) is 7.06. The average Bonchev–Trinajstić information content (AvgIpc) is 3.06. The smallest absolute Gasteiger partial charge is 0.245 e. The van der Waals surface area contributed by atoms with Gasteiger partial charge in [-0.2, -0.15) is 0 Å². The second kappa shape index (κ2) is 16.4. The van der Waals surface area contributed by atoms with E-state index in [0.29, 0.717) is 0 Å². The van der Waals surface area contributed by atoms with Crippen LogP contribution in [0, 0.1) is 0 Å². The molecule has 1 heterocycles. The van der Waals surface area contributed by atoms with E-state index in [1.54, 1.807) is 0 Å². The number of hydrogen-bond acceptors (Lipinski definition) is 2. The molecule has 3 heteroatoms. The predicted molar refractivity (Wildman–Crippen MR) is 109 cm³/mol. The Hall–Kier alpha value is -1.09. The first-order valence-corrected chi connectivity index (χ1v) is 10.6. The first-order valence-electron chi connectivity index (χ1n) is 10.6. The monoisotopic (exact) mass is 349 g/mol. The number of nitrogens with zero attached hydrogens (tertiary/aromatic N) is 1. The van der Waals surface area contributed by atoms with E-state index < -0.39 is 0 Å². The van der Waals surface area contributed by atoms with Gasteiger partial charge in [0.25, 0.3) is 0 Å². The van der Waals surface area contributed by atoms with Gasteiger partial charge < -0.3 is 5.11 Å². The molecule has 0 amide bonds. The number of rotatable bonds is 16. The summed E-state index contributed by atoms with van der Waals surface area (Å²) in [5, 5.41) is 12.5. The van der Waals surface area contributed by atoms with Crippen molar-refractivity contribution in [2.24, 2.45) is 0 Å². The van der Waals surface area contributed by atoms with Gasteiger partial charge in [-0.15, -0.1) is 0 Å². The standard InChI is InChI=1S/C22H40N2O/c1-2-3-4-5-6-7-8-9-10-11-12-13-14-15-16-17-22-23-18-19-24(22)20-21-25/h6-7,9-10,25H,2-5,8,11-21H2,1H3/p+1/b7-6+,10-9+. The lowest BCUT2D eigenvalue weighted by Crippen LogP contribution is -2.24. The number of β-amino-alcohol motifs (C(OH)–C–C–N with tert-alkyl or cyclic N) is 1. The molecule has 1 aliphatic rings. The lowest BCUT2D eigenvalue weighted by atomic mass is 10.1. The van der Waals surface area contributed by atoms with Crippen molar-refractivity contribution in [3.8, 4) is 0 Å². The summed E-state index contributed by atoms with van der Waals surface area (Å²) in [6.07, 6.45) is 24.6. The fourth-order valence-electron chi connectivity index (χ4n) is 3.30. The molecule has 2 N–H and O–H groups in total. The van der Waals surface area contributed by atoms with Crippen LogP contribution in [0.1, 0.15) is 84.0 Å². The Morgan fingerprint density at radius 1 is 0.920 bits per heavy atom. The highest BCUT2D eigenvalue weighted by Crippen LogP contribution is 2.09. The van der Waals surface area contributed by atoms with Gasteiger partial charge in [0.1, 0.15) is 19.6 Å². The topological polar surface area (TPSA) is 35.3 Å². The van der Waals surface area contributed by atoms with Gasteiger partial charge in [0.05, 0.1) is 6.61 Å². The summed E-state index contributed by atoms with van der Waals surface area (Å²) in [4.78, 5) is 0. The Kier molecular flexibility index (Phi) is 14.4. The number of aliphatic hydroxyl groups excluding tert-OH is 1. The fraction of sp³-hybridized carbons (Fsp3) is 0.773. The van der Waals surface area contributed by atoms with Gasteiger partial charge in [0.2, 0.25) is 5.84 Å². The third-order valence-corrected chi connectivity index (χ3v) is 4.83. The van der Waals surface area contributed by atoms with Crippen LogP contribution in [0.25, 0.3) is 0 Å². The fourth-order valence-corrected chi connectivity index (χ4v) is 3.30. The van der Waals surface area contributed by atoms with E-state index in [1.807, 2.05) is 0 Å². The maximum Gasteiger partial charge on any atom is 0.245 e. The van der Waals surface area contributed by atoms with E-state index in [2.05, 4.69) is 41.1 Å². The highest BCUT2D eigenvalue weighted by molar-refractivity contribution is 5.78. The minimum Gasteiger partial charge on any atom is -0.392 e. The molecule has 1 rings (SSSR count). The summed E-state index contributed by atoms with van der Waals surface area (Å²) >= 11 is 0. The van der Waals surface area contributed by atoms with Crippen LogP contribution in [0.15, 0.2) is 24.3 Å². The Morgan fingerprint density at radius 3 is 2.32 bits per heavy atom. The maximum atomic E-state index is 9.06. The number of aliphatic hydroxyl groups is 1. The largest absolute Gasteiger partial charge is 0.392 e. The molecule has 0 spiro atoms. The van der Waals surface area contributed by atoms with Crippen molar-refractivity contribution in [2.75, 3.05) is 26.2 Å². The Labute approximate surface area is 155 Å². The first-order chi connectivity index (χ1) is 12.4. The number of nitrogens with one attached hydrogen (secondary N) is 1. The molecular weight excluding hydrogens is 308 g/mol. The van der Waals surface area contributed by atoms with Crippen LogP contribution in [-0.2, 0) is 0 Å². The van der Waals surface area contributed by atoms with Crippen LogP contribution in [0.5, 0.6) is 0 Å².